The van der Waals surface area contributed by atoms with Crippen LogP contribution in [-0.2, 0) is 0 Å². The first-order valence-electron chi connectivity index (χ1n) is 8.10. The lowest BCUT2D eigenvalue weighted by atomic mass is 9.68. The van der Waals surface area contributed by atoms with Gasteiger partial charge in [0, 0.05) is 6.04 Å². The van der Waals surface area contributed by atoms with E-state index in [2.05, 4.69) is 34.6 Å². The minimum atomic E-state index is 0.451. The zero-order chi connectivity index (χ0) is 13.8. The molecule has 0 aliphatic heterocycles. The fourth-order valence-corrected chi connectivity index (χ4v) is 3.68. The van der Waals surface area contributed by atoms with E-state index in [1.54, 1.807) is 0 Å². The molecule has 0 aromatic heterocycles. The summed E-state index contributed by atoms with van der Waals surface area (Å²) in [6, 6.07) is 0.451. The van der Waals surface area contributed by atoms with Crippen LogP contribution in [0.3, 0.4) is 0 Å². The molecule has 0 amide bonds. The molecule has 1 fully saturated rings. The van der Waals surface area contributed by atoms with Crippen LogP contribution in [0, 0.1) is 23.2 Å². The maximum Gasteiger partial charge on any atom is 0.00697 e. The first-order chi connectivity index (χ1) is 8.34. The van der Waals surface area contributed by atoms with Gasteiger partial charge in [0.1, 0.15) is 0 Å². The van der Waals surface area contributed by atoms with Gasteiger partial charge in [-0.15, -0.1) is 0 Å². The third-order valence-corrected chi connectivity index (χ3v) is 5.06. The van der Waals surface area contributed by atoms with Crippen molar-refractivity contribution >= 4 is 0 Å². The van der Waals surface area contributed by atoms with E-state index < -0.39 is 0 Å². The Morgan fingerprint density at radius 1 is 1.11 bits per heavy atom. The summed E-state index contributed by atoms with van der Waals surface area (Å²) in [5.74, 6) is 2.52. The summed E-state index contributed by atoms with van der Waals surface area (Å²) in [6.45, 7) is 11.8. The zero-order valence-electron chi connectivity index (χ0n) is 13.3. The van der Waals surface area contributed by atoms with E-state index in [4.69, 9.17) is 5.73 Å². The predicted molar refractivity (Wildman–Crippen MR) is 81.6 cm³/mol. The van der Waals surface area contributed by atoms with Crippen LogP contribution in [0.15, 0.2) is 0 Å². The molecule has 0 bridgehead atoms. The molecule has 1 rings (SSSR count). The first-order valence-corrected chi connectivity index (χ1v) is 8.10. The molecule has 1 heteroatoms. The molecule has 2 atom stereocenters. The van der Waals surface area contributed by atoms with Crippen molar-refractivity contribution in [3.05, 3.63) is 0 Å². The second kappa shape index (κ2) is 6.93. The second-order valence-electron chi connectivity index (χ2n) is 7.77. The molecule has 0 aromatic carbocycles. The van der Waals surface area contributed by atoms with Gasteiger partial charge in [0.2, 0.25) is 0 Å². The van der Waals surface area contributed by atoms with E-state index in [0.29, 0.717) is 11.5 Å². The summed E-state index contributed by atoms with van der Waals surface area (Å²) in [5.41, 5.74) is 6.92. The molecule has 18 heavy (non-hydrogen) atoms. The lowest BCUT2D eigenvalue weighted by Gasteiger charge is -2.39. The van der Waals surface area contributed by atoms with E-state index >= 15 is 0 Å². The quantitative estimate of drug-likeness (QED) is 0.733. The van der Waals surface area contributed by atoms with Crippen LogP contribution in [0.2, 0.25) is 0 Å². The Kier molecular flexibility index (Phi) is 6.17. The number of nitrogens with two attached hydrogens (primary N) is 1. The number of hydrogen-bond acceptors (Lipinski definition) is 1. The largest absolute Gasteiger partial charge is 0.327 e. The van der Waals surface area contributed by atoms with Crippen molar-refractivity contribution in [1.29, 1.82) is 0 Å². The Morgan fingerprint density at radius 2 is 1.67 bits per heavy atom. The molecule has 1 aliphatic rings. The summed E-state index contributed by atoms with van der Waals surface area (Å²) >= 11 is 0. The van der Waals surface area contributed by atoms with Crippen LogP contribution < -0.4 is 5.73 Å². The van der Waals surface area contributed by atoms with Gasteiger partial charge in [0.05, 0.1) is 0 Å². The molecule has 0 saturated heterocycles. The molecule has 0 aromatic rings. The Hall–Kier alpha value is -0.0400. The van der Waals surface area contributed by atoms with Crippen LogP contribution in [0.25, 0.3) is 0 Å². The highest BCUT2D eigenvalue weighted by Gasteiger charge is 2.31. The Bertz CT molecular complexity index is 220. The molecule has 108 valence electrons. The van der Waals surface area contributed by atoms with Crippen LogP contribution in [-0.4, -0.2) is 6.04 Å². The first kappa shape index (κ1) is 16.0. The van der Waals surface area contributed by atoms with Crippen molar-refractivity contribution in [2.75, 3.05) is 0 Å². The highest BCUT2D eigenvalue weighted by molar-refractivity contribution is 4.85. The van der Waals surface area contributed by atoms with Crippen LogP contribution in [0.4, 0.5) is 0 Å². The number of rotatable bonds is 5. The standard InChI is InChI=1S/C17H35N/c1-6-7-13(2)12-16(18)14-8-10-15(11-9-14)17(3,4)5/h13-16H,6-12,18H2,1-5H3. The average molecular weight is 253 g/mol. The minimum Gasteiger partial charge on any atom is -0.327 e. The van der Waals surface area contributed by atoms with Crippen molar-refractivity contribution < 1.29 is 0 Å². The van der Waals surface area contributed by atoms with Crippen LogP contribution in [0.1, 0.15) is 79.6 Å². The molecule has 1 aliphatic carbocycles. The Morgan fingerprint density at radius 3 is 2.11 bits per heavy atom. The summed E-state index contributed by atoms with van der Waals surface area (Å²) in [5, 5.41) is 0. The Balaban J connectivity index is 2.34. The third-order valence-electron chi connectivity index (χ3n) is 5.06. The second-order valence-corrected chi connectivity index (χ2v) is 7.77. The maximum absolute atomic E-state index is 6.43. The lowest BCUT2D eigenvalue weighted by molar-refractivity contribution is 0.134. The van der Waals surface area contributed by atoms with Crippen LogP contribution in [0.5, 0.6) is 0 Å². The summed E-state index contributed by atoms with van der Waals surface area (Å²) < 4.78 is 0. The van der Waals surface area contributed by atoms with E-state index in [0.717, 1.165) is 17.8 Å². The van der Waals surface area contributed by atoms with Crippen molar-refractivity contribution in [3.8, 4) is 0 Å². The zero-order valence-corrected chi connectivity index (χ0v) is 13.3. The number of hydrogen-bond donors (Lipinski definition) is 1. The molecular formula is C17H35N. The molecule has 0 radical (unpaired) electrons. The average Bonchev–Trinajstić information content (AvgIpc) is 2.28. The van der Waals surface area contributed by atoms with E-state index in [1.165, 1.54) is 44.9 Å². The molecule has 0 spiro atoms. The normalized spacial score (nSPS) is 29.0. The van der Waals surface area contributed by atoms with Gasteiger partial charge in [0.15, 0.2) is 0 Å². The van der Waals surface area contributed by atoms with Gasteiger partial charge in [-0.3, -0.25) is 0 Å². The van der Waals surface area contributed by atoms with E-state index in [9.17, 15) is 0 Å². The smallest absolute Gasteiger partial charge is 0.00697 e. The van der Waals surface area contributed by atoms with Gasteiger partial charge in [-0.25, -0.2) is 0 Å². The van der Waals surface area contributed by atoms with Gasteiger partial charge >= 0.3 is 0 Å². The molecule has 0 heterocycles. The van der Waals surface area contributed by atoms with E-state index in [-0.39, 0.29) is 0 Å². The van der Waals surface area contributed by atoms with Crippen molar-refractivity contribution in [2.24, 2.45) is 28.9 Å². The summed E-state index contributed by atoms with van der Waals surface area (Å²) in [6.07, 6.45) is 9.38. The van der Waals surface area contributed by atoms with Crippen molar-refractivity contribution in [2.45, 2.75) is 85.6 Å². The van der Waals surface area contributed by atoms with Crippen molar-refractivity contribution in [1.82, 2.24) is 0 Å². The highest BCUT2D eigenvalue weighted by atomic mass is 14.7. The maximum atomic E-state index is 6.43. The molecule has 2 N–H and O–H groups in total. The SMILES string of the molecule is CCCC(C)CC(N)C1CCC(C(C)(C)C)CC1. The van der Waals surface area contributed by atoms with Gasteiger partial charge in [-0.05, 0) is 55.3 Å². The third kappa shape index (κ3) is 4.91. The molecule has 1 saturated carbocycles. The summed E-state index contributed by atoms with van der Waals surface area (Å²) in [7, 11) is 0. The summed E-state index contributed by atoms with van der Waals surface area (Å²) in [4.78, 5) is 0. The molecular weight excluding hydrogens is 218 g/mol. The Labute approximate surface area is 115 Å². The fourth-order valence-electron chi connectivity index (χ4n) is 3.68. The van der Waals surface area contributed by atoms with E-state index in [1.807, 2.05) is 0 Å². The van der Waals surface area contributed by atoms with Gasteiger partial charge < -0.3 is 5.73 Å². The molecule has 2 unspecified atom stereocenters. The monoisotopic (exact) mass is 253 g/mol. The van der Waals surface area contributed by atoms with Gasteiger partial charge in [0.25, 0.3) is 0 Å². The minimum absolute atomic E-state index is 0.451. The van der Waals surface area contributed by atoms with Gasteiger partial charge in [-0.1, -0.05) is 47.5 Å². The predicted octanol–water partition coefficient (Wildman–Crippen LogP) is 4.99. The molecule has 1 nitrogen and oxygen atoms in total. The van der Waals surface area contributed by atoms with Crippen LogP contribution >= 0.6 is 0 Å². The topological polar surface area (TPSA) is 26.0 Å². The van der Waals surface area contributed by atoms with Crippen molar-refractivity contribution in [3.63, 3.8) is 0 Å². The van der Waals surface area contributed by atoms with Gasteiger partial charge in [-0.2, -0.15) is 0 Å². The lowest BCUT2D eigenvalue weighted by Crippen LogP contribution is -2.36. The fraction of sp³-hybridized carbons (Fsp3) is 1.00. The highest BCUT2D eigenvalue weighted by Crippen LogP contribution is 2.41.